The highest BCUT2D eigenvalue weighted by atomic mass is 19.1. The van der Waals surface area contributed by atoms with E-state index in [0.29, 0.717) is 24.5 Å². The van der Waals surface area contributed by atoms with Crippen molar-refractivity contribution in [3.8, 4) is 11.5 Å². The number of morpholine rings is 1. The van der Waals surface area contributed by atoms with Gasteiger partial charge in [-0.25, -0.2) is 9.18 Å². The van der Waals surface area contributed by atoms with E-state index >= 15 is 0 Å². The van der Waals surface area contributed by atoms with Crippen LogP contribution in [0.25, 0.3) is 0 Å². The van der Waals surface area contributed by atoms with Crippen LogP contribution in [0.5, 0.6) is 11.5 Å². The van der Waals surface area contributed by atoms with Crippen molar-refractivity contribution < 1.29 is 18.7 Å². The number of para-hydroxylation sites is 1. The lowest BCUT2D eigenvalue weighted by molar-refractivity contribution is 0.0353. The van der Waals surface area contributed by atoms with Gasteiger partial charge < -0.3 is 19.7 Å². The van der Waals surface area contributed by atoms with Gasteiger partial charge in [0.15, 0.2) is 11.6 Å². The number of carbonyl (C=O) groups is 1. The number of hydrogen-bond donors (Lipinski definition) is 1. The van der Waals surface area contributed by atoms with Crippen molar-refractivity contribution in [3.63, 3.8) is 0 Å². The highest BCUT2D eigenvalue weighted by molar-refractivity contribution is 5.89. The van der Waals surface area contributed by atoms with E-state index in [1.54, 1.807) is 47.4 Å². The molecule has 1 heterocycles. The van der Waals surface area contributed by atoms with Gasteiger partial charge in [-0.2, -0.15) is 0 Å². The molecule has 1 N–H and O–H groups in total. The Kier molecular flexibility index (Phi) is 7.22. The fourth-order valence-electron chi connectivity index (χ4n) is 2.95. The minimum atomic E-state index is -0.418. The van der Waals surface area contributed by atoms with Gasteiger partial charge >= 0.3 is 6.03 Å². The third-order valence-electron chi connectivity index (χ3n) is 4.63. The standard InChI is InChI=1S/C21H26FN3O3/c1-2-25(12-11-24-13-15-27-16-14-24)21(26)23-17-7-9-18(10-8-17)28-20-6-4-3-5-19(20)22/h3-10H,2,11-16H2,1H3,(H,23,26). The fourth-order valence-corrected chi connectivity index (χ4v) is 2.95. The molecule has 1 saturated heterocycles. The van der Waals surface area contributed by atoms with E-state index in [0.717, 1.165) is 32.8 Å². The highest BCUT2D eigenvalue weighted by Crippen LogP contribution is 2.25. The Balaban J connectivity index is 1.51. The minimum Gasteiger partial charge on any atom is -0.454 e. The largest absolute Gasteiger partial charge is 0.454 e. The molecular weight excluding hydrogens is 361 g/mol. The van der Waals surface area contributed by atoms with Gasteiger partial charge in [-0.1, -0.05) is 12.1 Å². The van der Waals surface area contributed by atoms with Gasteiger partial charge in [0.25, 0.3) is 0 Å². The molecule has 0 saturated carbocycles. The highest BCUT2D eigenvalue weighted by Gasteiger charge is 2.15. The number of hydrogen-bond acceptors (Lipinski definition) is 4. The first-order valence-corrected chi connectivity index (χ1v) is 9.54. The smallest absolute Gasteiger partial charge is 0.321 e. The van der Waals surface area contributed by atoms with Gasteiger partial charge in [-0.05, 0) is 43.3 Å². The molecule has 0 spiro atoms. The predicted molar refractivity (Wildman–Crippen MR) is 106 cm³/mol. The van der Waals surface area contributed by atoms with E-state index in [-0.39, 0.29) is 11.8 Å². The van der Waals surface area contributed by atoms with Gasteiger partial charge in [0.1, 0.15) is 5.75 Å². The monoisotopic (exact) mass is 387 g/mol. The second-order valence-corrected chi connectivity index (χ2v) is 6.52. The zero-order valence-corrected chi connectivity index (χ0v) is 16.1. The number of nitrogens with zero attached hydrogens (tertiary/aromatic N) is 2. The molecule has 2 aromatic rings. The molecule has 3 rings (SSSR count). The molecule has 2 amide bonds. The van der Waals surface area contributed by atoms with Crippen LogP contribution in [-0.4, -0.2) is 61.8 Å². The lowest BCUT2D eigenvalue weighted by Crippen LogP contribution is -2.44. The number of rotatable bonds is 7. The maximum atomic E-state index is 13.7. The molecule has 0 aliphatic carbocycles. The van der Waals surface area contributed by atoms with Crippen LogP contribution in [-0.2, 0) is 4.74 Å². The van der Waals surface area contributed by atoms with Crippen LogP contribution in [0.4, 0.5) is 14.9 Å². The van der Waals surface area contributed by atoms with Crippen LogP contribution >= 0.6 is 0 Å². The van der Waals surface area contributed by atoms with Gasteiger partial charge in [0.05, 0.1) is 13.2 Å². The number of likely N-dealkylation sites (N-methyl/N-ethyl adjacent to an activating group) is 1. The summed E-state index contributed by atoms with van der Waals surface area (Å²) >= 11 is 0. The van der Waals surface area contributed by atoms with E-state index in [4.69, 9.17) is 9.47 Å². The zero-order valence-electron chi connectivity index (χ0n) is 16.1. The average molecular weight is 387 g/mol. The van der Waals surface area contributed by atoms with Gasteiger partial charge in [0, 0.05) is 38.4 Å². The summed E-state index contributed by atoms with van der Waals surface area (Å²) in [6.07, 6.45) is 0. The zero-order chi connectivity index (χ0) is 19.8. The lowest BCUT2D eigenvalue weighted by Gasteiger charge is -2.29. The van der Waals surface area contributed by atoms with Crippen molar-refractivity contribution in [1.29, 1.82) is 0 Å². The van der Waals surface area contributed by atoms with Crippen LogP contribution in [0, 0.1) is 5.82 Å². The van der Waals surface area contributed by atoms with Crippen molar-refractivity contribution in [3.05, 3.63) is 54.3 Å². The van der Waals surface area contributed by atoms with Crippen LogP contribution < -0.4 is 10.1 Å². The Morgan fingerprint density at radius 3 is 2.57 bits per heavy atom. The Hall–Kier alpha value is -2.64. The van der Waals surface area contributed by atoms with Crippen molar-refractivity contribution in [2.45, 2.75) is 6.92 Å². The SMILES string of the molecule is CCN(CCN1CCOCC1)C(=O)Nc1ccc(Oc2ccccc2F)cc1. The quantitative estimate of drug-likeness (QED) is 0.785. The molecule has 6 nitrogen and oxygen atoms in total. The van der Waals surface area contributed by atoms with Gasteiger partial charge in [-0.15, -0.1) is 0 Å². The molecule has 0 aromatic heterocycles. The summed E-state index contributed by atoms with van der Waals surface area (Å²) in [7, 11) is 0. The van der Waals surface area contributed by atoms with E-state index in [2.05, 4.69) is 10.2 Å². The molecule has 0 bridgehead atoms. The first kappa shape index (κ1) is 20.1. The van der Waals surface area contributed by atoms with E-state index in [1.807, 2.05) is 6.92 Å². The molecule has 0 atom stereocenters. The lowest BCUT2D eigenvalue weighted by atomic mass is 10.3. The van der Waals surface area contributed by atoms with E-state index in [9.17, 15) is 9.18 Å². The second kappa shape index (κ2) is 10.1. The fraction of sp³-hybridized carbons (Fsp3) is 0.381. The number of anilines is 1. The molecular formula is C21H26FN3O3. The molecule has 28 heavy (non-hydrogen) atoms. The minimum absolute atomic E-state index is 0.140. The average Bonchev–Trinajstić information content (AvgIpc) is 2.72. The van der Waals surface area contributed by atoms with Crippen LogP contribution in [0.1, 0.15) is 6.92 Å². The normalized spacial score (nSPS) is 14.5. The molecule has 0 radical (unpaired) electrons. The number of ether oxygens (including phenoxy) is 2. The van der Waals surface area contributed by atoms with Crippen molar-refractivity contribution >= 4 is 11.7 Å². The predicted octanol–water partition coefficient (Wildman–Crippen LogP) is 3.80. The first-order valence-electron chi connectivity index (χ1n) is 9.54. The number of benzene rings is 2. The van der Waals surface area contributed by atoms with Crippen LogP contribution in [0.3, 0.4) is 0 Å². The second-order valence-electron chi connectivity index (χ2n) is 6.52. The number of carbonyl (C=O) groups excluding carboxylic acids is 1. The summed E-state index contributed by atoms with van der Waals surface area (Å²) in [4.78, 5) is 16.6. The van der Waals surface area contributed by atoms with Gasteiger partial charge in [-0.3, -0.25) is 4.90 Å². The Labute approximate surface area is 164 Å². The molecule has 1 fully saturated rings. The number of nitrogens with one attached hydrogen (secondary N) is 1. The first-order chi connectivity index (χ1) is 13.7. The van der Waals surface area contributed by atoms with Crippen molar-refractivity contribution in [2.75, 3.05) is 51.3 Å². The molecule has 7 heteroatoms. The number of halogens is 1. The summed E-state index contributed by atoms with van der Waals surface area (Å²) in [5.74, 6) is 0.251. The topological polar surface area (TPSA) is 54.0 Å². The number of amides is 2. The molecule has 1 aliphatic heterocycles. The van der Waals surface area contributed by atoms with Gasteiger partial charge in [0.2, 0.25) is 0 Å². The number of urea groups is 1. The summed E-state index contributed by atoms with van der Waals surface area (Å²) in [5.41, 5.74) is 0.663. The molecule has 1 aliphatic rings. The third-order valence-corrected chi connectivity index (χ3v) is 4.63. The summed E-state index contributed by atoms with van der Waals surface area (Å²) in [6, 6.07) is 13.0. The van der Waals surface area contributed by atoms with Crippen LogP contribution in [0.15, 0.2) is 48.5 Å². The van der Waals surface area contributed by atoms with Crippen molar-refractivity contribution in [1.82, 2.24) is 9.80 Å². The molecule has 2 aromatic carbocycles. The summed E-state index contributed by atoms with van der Waals surface area (Å²) in [6.45, 7) is 7.40. The van der Waals surface area contributed by atoms with E-state index in [1.165, 1.54) is 6.07 Å². The van der Waals surface area contributed by atoms with Crippen molar-refractivity contribution in [2.24, 2.45) is 0 Å². The molecule has 0 unspecified atom stereocenters. The maximum Gasteiger partial charge on any atom is 0.321 e. The Morgan fingerprint density at radius 2 is 1.89 bits per heavy atom. The Bertz CT molecular complexity index is 764. The maximum absolute atomic E-state index is 13.7. The summed E-state index contributed by atoms with van der Waals surface area (Å²) < 4.78 is 24.5. The van der Waals surface area contributed by atoms with E-state index < -0.39 is 5.82 Å². The third kappa shape index (κ3) is 5.68. The molecule has 150 valence electrons. The van der Waals surface area contributed by atoms with Crippen LogP contribution in [0.2, 0.25) is 0 Å². The summed E-state index contributed by atoms with van der Waals surface area (Å²) in [5, 5.41) is 2.90. The Morgan fingerprint density at radius 1 is 1.18 bits per heavy atom.